The second-order valence-corrected chi connectivity index (χ2v) is 5.49. The van der Waals surface area contributed by atoms with Crippen LogP contribution in [0.2, 0.25) is 0 Å². The molecule has 0 aliphatic heterocycles. The molecule has 0 aliphatic carbocycles. The zero-order valence-electron chi connectivity index (χ0n) is 12.5. The smallest absolute Gasteiger partial charge is 0.343 e. The zero-order valence-corrected chi connectivity index (χ0v) is 12.5. The lowest BCUT2D eigenvalue weighted by Crippen LogP contribution is -2.22. The maximum absolute atomic E-state index is 11.6. The Bertz CT molecular complexity index is 605. The molecule has 0 bridgehead atoms. The lowest BCUT2D eigenvalue weighted by Gasteiger charge is -2.17. The quantitative estimate of drug-likeness (QED) is 0.881. The van der Waals surface area contributed by atoms with Gasteiger partial charge in [-0.1, -0.05) is 49.3 Å². The van der Waals surface area contributed by atoms with E-state index in [1.165, 1.54) is 0 Å². The number of carbonyl (C=O) groups is 1. The lowest BCUT2D eigenvalue weighted by molar-refractivity contribution is 0.0698. The first kappa shape index (κ1) is 15.1. The summed E-state index contributed by atoms with van der Waals surface area (Å²) < 4.78 is 5.30. The minimum absolute atomic E-state index is 0.118. The molecule has 2 rings (SSSR count). The van der Waals surface area contributed by atoms with Gasteiger partial charge < -0.3 is 14.5 Å². The molecule has 5 nitrogen and oxygen atoms in total. The number of anilines is 1. The fourth-order valence-electron chi connectivity index (χ4n) is 2.08. The molecule has 5 heteroatoms. The van der Waals surface area contributed by atoms with Gasteiger partial charge in [-0.3, -0.25) is 0 Å². The summed E-state index contributed by atoms with van der Waals surface area (Å²) in [4.78, 5) is 13.4. The summed E-state index contributed by atoms with van der Waals surface area (Å²) in [6.45, 7) is 4.99. The molecule has 0 spiro atoms. The van der Waals surface area contributed by atoms with E-state index in [0.29, 0.717) is 23.1 Å². The molecule has 1 N–H and O–H groups in total. The van der Waals surface area contributed by atoms with Gasteiger partial charge in [0, 0.05) is 19.2 Å². The first-order valence-corrected chi connectivity index (χ1v) is 7.00. The number of hydrogen-bond acceptors (Lipinski definition) is 4. The summed E-state index contributed by atoms with van der Waals surface area (Å²) in [5.74, 6) is 0.194. The van der Waals surface area contributed by atoms with E-state index in [0.717, 1.165) is 13.0 Å². The number of aromatic carboxylic acids is 1. The normalized spacial score (nSPS) is 10.9. The SMILES string of the molecule is CC(C)CCN(C)c1noc(-c2ccccc2)c1C(=O)O. The number of hydrogen-bond donors (Lipinski definition) is 1. The maximum atomic E-state index is 11.6. The predicted octanol–water partition coefficient (Wildman–Crippen LogP) is 3.52. The van der Waals surface area contributed by atoms with Crippen LogP contribution in [0.5, 0.6) is 0 Å². The van der Waals surface area contributed by atoms with Crippen LogP contribution in [0.15, 0.2) is 34.9 Å². The summed E-state index contributed by atoms with van der Waals surface area (Å²) in [5, 5.41) is 13.5. The Hall–Kier alpha value is -2.30. The molecule has 0 aliphatic rings. The van der Waals surface area contributed by atoms with Crippen LogP contribution in [0.4, 0.5) is 5.82 Å². The fraction of sp³-hybridized carbons (Fsp3) is 0.375. The molecule has 0 fully saturated rings. The van der Waals surface area contributed by atoms with Gasteiger partial charge in [-0.2, -0.15) is 0 Å². The number of rotatable bonds is 6. The van der Waals surface area contributed by atoms with Gasteiger partial charge in [-0.25, -0.2) is 4.79 Å². The monoisotopic (exact) mass is 288 g/mol. The van der Waals surface area contributed by atoms with Crippen molar-refractivity contribution in [3.8, 4) is 11.3 Å². The lowest BCUT2D eigenvalue weighted by atomic mass is 10.1. The van der Waals surface area contributed by atoms with Crippen molar-refractivity contribution < 1.29 is 14.4 Å². The van der Waals surface area contributed by atoms with E-state index < -0.39 is 5.97 Å². The van der Waals surface area contributed by atoms with E-state index >= 15 is 0 Å². The molecular formula is C16H20N2O3. The van der Waals surface area contributed by atoms with E-state index in [1.807, 2.05) is 42.3 Å². The van der Waals surface area contributed by atoms with Crippen LogP contribution in [-0.2, 0) is 0 Å². The van der Waals surface area contributed by atoms with E-state index in [9.17, 15) is 9.90 Å². The standard InChI is InChI=1S/C16H20N2O3/c1-11(2)9-10-18(3)15-13(16(19)20)14(21-17-15)12-7-5-4-6-8-12/h4-8,11H,9-10H2,1-3H3,(H,19,20). The summed E-state index contributed by atoms with van der Waals surface area (Å²) in [5.41, 5.74) is 0.832. The molecule has 1 heterocycles. The molecule has 2 aromatic rings. The van der Waals surface area contributed by atoms with Gasteiger partial charge in [-0.15, -0.1) is 0 Å². The highest BCUT2D eigenvalue weighted by atomic mass is 16.5. The third-order valence-electron chi connectivity index (χ3n) is 3.33. The van der Waals surface area contributed by atoms with Gasteiger partial charge in [0.1, 0.15) is 0 Å². The van der Waals surface area contributed by atoms with Crippen molar-refractivity contribution >= 4 is 11.8 Å². The summed E-state index contributed by atoms with van der Waals surface area (Å²) in [6.07, 6.45) is 0.961. The second-order valence-electron chi connectivity index (χ2n) is 5.49. The van der Waals surface area contributed by atoms with Crippen molar-refractivity contribution in [3.63, 3.8) is 0 Å². The Labute approximate surface area is 124 Å². The molecule has 21 heavy (non-hydrogen) atoms. The Morgan fingerprint density at radius 3 is 2.57 bits per heavy atom. The summed E-state index contributed by atoms with van der Waals surface area (Å²) >= 11 is 0. The zero-order chi connectivity index (χ0) is 15.4. The third-order valence-corrected chi connectivity index (χ3v) is 3.33. The number of benzene rings is 1. The molecule has 0 unspecified atom stereocenters. The molecule has 112 valence electrons. The van der Waals surface area contributed by atoms with Crippen LogP contribution in [0.1, 0.15) is 30.6 Å². The highest BCUT2D eigenvalue weighted by Crippen LogP contribution is 2.31. The Morgan fingerprint density at radius 2 is 2.00 bits per heavy atom. The Kier molecular flexibility index (Phi) is 4.62. The van der Waals surface area contributed by atoms with Crippen molar-refractivity contribution in [1.29, 1.82) is 0 Å². The average molecular weight is 288 g/mol. The van der Waals surface area contributed by atoms with Gasteiger partial charge in [-0.05, 0) is 12.3 Å². The van der Waals surface area contributed by atoms with E-state index in [4.69, 9.17) is 4.52 Å². The van der Waals surface area contributed by atoms with Crippen LogP contribution < -0.4 is 4.90 Å². The molecule has 1 aromatic carbocycles. The minimum Gasteiger partial charge on any atom is -0.477 e. The first-order valence-electron chi connectivity index (χ1n) is 7.00. The minimum atomic E-state index is -1.03. The number of carboxylic acids is 1. The van der Waals surface area contributed by atoms with E-state index in [1.54, 1.807) is 0 Å². The van der Waals surface area contributed by atoms with Gasteiger partial charge in [0.2, 0.25) is 0 Å². The van der Waals surface area contributed by atoms with Crippen molar-refractivity contribution in [2.24, 2.45) is 5.92 Å². The van der Waals surface area contributed by atoms with Crippen molar-refractivity contribution in [2.75, 3.05) is 18.5 Å². The van der Waals surface area contributed by atoms with Gasteiger partial charge >= 0.3 is 5.97 Å². The van der Waals surface area contributed by atoms with Crippen LogP contribution >= 0.6 is 0 Å². The average Bonchev–Trinajstić information content (AvgIpc) is 2.90. The number of aromatic nitrogens is 1. The first-order chi connectivity index (χ1) is 10.0. The van der Waals surface area contributed by atoms with Crippen LogP contribution in [0, 0.1) is 5.92 Å². The molecule has 1 aromatic heterocycles. The van der Waals surface area contributed by atoms with Crippen LogP contribution in [0.25, 0.3) is 11.3 Å². The highest BCUT2D eigenvalue weighted by Gasteiger charge is 2.25. The Balaban J connectivity index is 2.36. The molecule has 0 amide bonds. The van der Waals surface area contributed by atoms with Crippen molar-refractivity contribution in [3.05, 3.63) is 35.9 Å². The van der Waals surface area contributed by atoms with Crippen molar-refractivity contribution in [2.45, 2.75) is 20.3 Å². The molecule has 0 saturated carbocycles. The molecular weight excluding hydrogens is 268 g/mol. The molecule has 0 radical (unpaired) electrons. The topological polar surface area (TPSA) is 66.6 Å². The van der Waals surface area contributed by atoms with Gasteiger partial charge in [0.15, 0.2) is 17.1 Å². The van der Waals surface area contributed by atoms with Gasteiger partial charge in [0.25, 0.3) is 0 Å². The third kappa shape index (κ3) is 3.42. The molecule has 0 atom stereocenters. The number of carboxylic acid groups (broad SMARTS) is 1. The second kappa shape index (κ2) is 6.43. The predicted molar refractivity (Wildman–Crippen MR) is 81.6 cm³/mol. The van der Waals surface area contributed by atoms with Crippen molar-refractivity contribution in [1.82, 2.24) is 5.16 Å². The highest BCUT2D eigenvalue weighted by molar-refractivity contribution is 5.99. The van der Waals surface area contributed by atoms with Crippen LogP contribution in [-0.4, -0.2) is 29.8 Å². The largest absolute Gasteiger partial charge is 0.477 e. The van der Waals surface area contributed by atoms with Crippen LogP contribution in [0.3, 0.4) is 0 Å². The maximum Gasteiger partial charge on any atom is 0.343 e. The molecule has 0 saturated heterocycles. The Morgan fingerprint density at radius 1 is 1.33 bits per heavy atom. The summed E-state index contributed by atoms with van der Waals surface area (Å²) in [7, 11) is 1.83. The van der Waals surface area contributed by atoms with E-state index in [-0.39, 0.29) is 5.56 Å². The van der Waals surface area contributed by atoms with Gasteiger partial charge in [0.05, 0.1) is 0 Å². The van der Waals surface area contributed by atoms with E-state index in [2.05, 4.69) is 19.0 Å². The number of nitrogens with zero attached hydrogens (tertiary/aromatic N) is 2. The summed E-state index contributed by atoms with van der Waals surface area (Å²) in [6, 6.07) is 9.17. The fourth-order valence-corrected chi connectivity index (χ4v) is 2.08.